The first-order valence-electron chi connectivity index (χ1n) is 15.8. The van der Waals surface area contributed by atoms with E-state index in [1.807, 2.05) is 0 Å². The number of hydrogen-bond acceptors (Lipinski definition) is 2. The van der Waals surface area contributed by atoms with Crippen LogP contribution in [0.3, 0.4) is 0 Å². The lowest BCUT2D eigenvalue weighted by Gasteiger charge is -2.35. The van der Waals surface area contributed by atoms with Gasteiger partial charge < -0.3 is 9.90 Å². The van der Waals surface area contributed by atoms with Gasteiger partial charge in [0.1, 0.15) is 0 Å². The molecule has 0 fully saturated rings. The lowest BCUT2D eigenvalue weighted by molar-refractivity contribution is -0.320. The second kappa shape index (κ2) is 25.6. The Balaban J connectivity index is 4.43. The van der Waals surface area contributed by atoms with Crippen LogP contribution in [0.5, 0.6) is 0 Å². The van der Waals surface area contributed by atoms with Crippen molar-refractivity contribution in [3.05, 3.63) is 0 Å². The quantitative estimate of drug-likeness (QED) is 0.105. The van der Waals surface area contributed by atoms with Gasteiger partial charge in [0.2, 0.25) is 0 Å². The van der Waals surface area contributed by atoms with Gasteiger partial charge in [0, 0.05) is 11.4 Å². The molecule has 0 unspecified atom stereocenters. The summed E-state index contributed by atoms with van der Waals surface area (Å²) in [6, 6.07) is 0. The van der Waals surface area contributed by atoms with E-state index in [-0.39, 0.29) is 0 Å². The van der Waals surface area contributed by atoms with Crippen LogP contribution in [0.25, 0.3) is 0 Å². The number of rotatable bonds is 28. The highest BCUT2D eigenvalue weighted by atomic mass is 16.4. The van der Waals surface area contributed by atoms with E-state index in [9.17, 15) is 9.90 Å². The van der Waals surface area contributed by atoms with Gasteiger partial charge in [-0.1, -0.05) is 175 Å². The van der Waals surface area contributed by atoms with Crippen LogP contribution < -0.4 is 5.11 Å². The molecular weight excluding hydrogens is 416 g/mol. The molecule has 204 valence electrons. The number of carboxylic acid groups (broad SMARTS) is 1. The maximum absolute atomic E-state index is 12.4. The Morgan fingerprint density at radius 1 is 0.412 bits per heavy atom. The Kier molecular flexibility index (Phi) is 25.2. The lowest BCUT2D eigenvalue weighted by Crippen LogP contribution is -2.42. The minimum Gasteiger partial charge on any atom is -0.550 e. The Morgan fingerprint density at radius 2 is 0.618 bits per heavy atom. The van der Waals surface area contributed by atoms with E-state index in [0.29, 0.717) is 0 Å². The summed E-state index contributed by atoms with van der Waals surface area (Å²) >= 11 is 0. The minimum atomic E-state index is -0.749. The topological polar surface area (TPSA) is 40.1 Å². The number of hydrogen-bond donors (Lipinski definition) is 0. The molecule has 0 saturated heterocycles. The van der Waals surface area contributed by atoms with Gasteiger partial charge in [-0.15, -0.1) is 0 Å². The molecule has 0 amide bonds. The molecule has 0 saturated carbocycles. The average Bonchev–Trinajstić information content (AvgIpc) is 2.83. The highest BCUT2D eigenvalue weighted by Gasteiger charge is 2.30. The van der Waals surface area contributed by atoms with E-state index in [1.54, 1.807) is 0 Å². The van der Waals surface area contributed by atoms with Crippen LogP contribution in [0, 0.1) is 5.41 Å². The van der Waals surface area contributed by atoms with Crippen LogP contribution in [0.1, 0.15) is 194 Å². The second-order valence-electron chi connectivity index (χ2n) is 11.2. The summed E-state index contributed by atoms with van der Waals surface area (Å²) in [6.07, 6.45) is 33.1. The zero-order chi connectivity index (χ0) is 25.2. The summed E-state index contributed by atoms with van der Waals surface area (Å²) in [5.41, 5.74) is -0.563. The van der Waals surface area contributed by atoms with Crippen molar-refractivity contribution in [3.63, 3.8) is 0 Å². The fourth-order valence-electron chi connectivity index (χ4n) is 5.47. The summed E-state index contributed by atoms with van der Waals surface area (Å²) in [6.45, 7) is 6.79. The van der Waals surface area contributed by atoms with Crippen LogP contribution in [0.2, 0.25) is 0 Å². The molecule has 0 aromatic heterocycles. The summed E-state index contributed by atoms with van der Waals surface area (Å²) in [5, 5.41) is 12.4. The van der Waals surface area contributed by atoms with Crippen molar-refractivity contribution >= 4 is 5.97 Å². The maximum atomic E-state index is 12.4. The molecule has 2 nitrogen and oxygen atoms in total. The highest BCUT2D eigenvalue weighted by molar-refractivity contribution is 5.72. The summed E-state index contributed by atoms with van der Waals surface area (Å²) in [4.78, 5) is 12.4. The highest BCUT2D eigenvalue weighted by Crippen LogP contribution is 2.37. The first-order chi connectivity index (χ1) is 16.6. The largest absolute Gasteiger partial charge is 0.550 e. The predicted octanol–water partition coefficient (Wildman–Crippen LogP) is 10.3. The molecule has 0 aliphatic heterocycles. The van der Waals surface area contributed by atoms with Gasteiger partial charge in [0.25, 0.3) is 0 Å². The molecule has 0 aliphatic carbocycles. The van der Waals surface area contributed by atoms with Crippen molar-refractivity contribution in [2.45, 2.75) is 194 Å². The molecule has 0 N–H and O–H groups in total. The van der Waals surface area contributed by atoms with Gasteiger partial charge in [-0.2, -0.15) is 0 Å². The zero-order valence-corrected chi connectivity index (χ0v) is 23.9. The van der Waals surface area contributed by atoms with E-state index in [2.05, 4.69) is 20.8 Å². The Bertz CT molecular complexity index is 367. The van der Waals surface area contributed by atoms with Gasteiger partial charge in [-0.05, 0) is 19.3 Å². The fraction of sp³-hybridized carbons (Fsp3) is 0.969. The molecule has 0 aromatic rings. The molecule has 0 rings (SSSR count). The lowest BCUT2D eigenvalue weighted by atomic mass is 9.74. The zero-order valence-electron chi connectivity index (χ0n) is 23.9. The molecular formula is C32H63O2-. The normalized spacial score (nSPS) is 11.9. The third-order valence-corrected chi connectivity index (χ3v) is 7.96. The second-order valence-corrected chi connectivity index (χ2v) is 11.2. The summed E-state index contributed by atoms with van der Waals surface area (Å²) < 4.78 is 0. The van der Waals surface area contributed by atoms with Crippen LogP contribution in [-0.2, 0) is 4.79 Å². The van der Waals surface area contributed by atoms with Crippen molar-refractivity contribution in [1.29, 1.82) is 0 Å². The van der Waals surface area contributed by atoms with E-state index >= 15 is 0 Å². The predicted molar refractivity (Wildman–Crippen MR) is 149 cm³/mol. The number of unbranched alkanes of at least 4 members (excludes halogenated alkanes) is 21. The number of carbonyl (C=O) groups is 1. The van der Waals surface area contributed by atoms with Crippen molar-refractivity contribution in [3.8, 4) is 0 Å². The molecule has 2 heteroatoms. The van der Waals surface area contributed by atoms with E-state index in [1.165, 1.54) is 135 Å². The van der Waals surface area contributed by atoms with Crippen LogP contribution in [0.15, 0.2) is 0 Å². The minimum absolute atomic E-state index is 0.563. The molecule has 34 heavy (non-hydrogen) atoms. The number of carbonyl (C=O) groups excluding carboxylic acids is 1. The summed E-state index contributed by atoms with van der Waals surface area (Å²) in [7, 11) is 0. The molecule has 0 aromatic carbocycles. The molecule has 0 heterocycles. The Labute approximate surface area is 215 Å². The molecule has 0 bridgehead atoms. The van der Waals surface area contributed by atoms with E-state index in [4.69, 9.17) is 0 Å². The Hall–Kier alpha value is -0.530. The van der Waals surface area contributed by atoms with Crippen LogP contribution >= 0.6 is 0 Å². The van der Waals surface area contributed by atoms with E-state index in [0.717, 1.165) is 38.5 Å². The van der Waals surface area contributed by atoms with E-state index < -0.39 is 11.4 Å². The third-order valence-electron chi connectivity index (χ3n) is 7.96. The molecule has 0 atom stereocenters. The van der Waals surface area contributed by atoms with Gasteiger partial charge in [0.15, 0.2) is 0 Å². The van der Waals surface area contributed by atoms with Gasteiger partial charge in [0.05, 0.1) is 0 Å². The third kappa shape index (κ3) is 19.7. The number of aliphatic carboxylic acids is 1. The van der Waals surface area contributed by atoms with Gasteiger partial charge in [-0.25, -0.2) is 0 Å². The molecule has 0 radical (unpaired) electrons. The maximum Gasteiger partial charge on any atom is 0.0476 e. The molecule has 0 aliphatic rings. The SMILES string of the molecule is CCCCCCCCCCC(CCCCCCCCCC)(CCCCCCCCCC)C(=O)[O-]. The standard InChI is InChI=1S/C32H64O2/c1-4-7-10-13-16-19-22-25-28-32(31(33)34,29-26-23-20-17-14-11-8-5-2)30-27-24-21-18-15-12-9-6-3/h4-30H2,1-3H3,(H,33,34)/p-1. The van der Waals surface area contributed by atoms with Gasteiger partial charge >= 0.3 is 0 Å². The molecule has 0 spiro atoms. The fourth-order valence-corrected chi connectivity index (χ4v) is 5.47. The number of carboxylic acids is 1. The first kappa shape index (κ1) is 33.5. The van der Waals surface area contributed by atoms with Crippen molar-refractivity contribution in [2.24, 2.45) is 5.41 Å². The monoisotopic (exact) mass is 479 g/mol. The van der Waals surface area contributed by atoms with Crippen LogP contribution in [0.4, 0.5) is 0 Å². The van der Waals surface area contributed by atoms with Crippen molar-refractivity contribution in [2.75, 3.05) is 0 Å². The van der Waals surface area contributed by atoms with Gasteiger partial charge in [-0.3, -0.25) is 0 Å². The average molecular weight is 480 g/mol. The van der Waals surface area contributed by atoms with Crippen LogP contribution in [-0.4, -0.2) is 5.97 Å². The summed E-state index contributed by atoms with van der Waals surface area (Å²) in [5.74, 6) is -0.749. The smallest absolute Gasteiger partial charge is 0.0476 e. The Morgan fingerprint density at radius 3 is 0.824 bits per heavy atom. The first-order valence-corrected chi connectivity index (χ1v) is 15.8. The van der Waals surface area contributed by atoms with Crippen molar-refractivity contribution < 1.29 is 9.90 Å². The van der Waals surface area contributed by atoms with Crippen molar-refractivity contribution in [1.82, 2.24) is 0 Å².